The summed E-state index contributed by atoms with van der Waals surface area (Å²) in [5, 5.41) is 20.6. The largest absolute Gasteiger partial charge is 0.453 e. The number of methoxy groups -OCH3 is 1. The van der Waals surface area contributed by atoms with Crippen molar-refractivity contribution >= 4 is 29.5 Å². The molecule has 1 heterocycles. The van der Waals surface area contributed by atoms with Gasteiger partial charge in [-0.25, -0.2) is 9.59 Å². The molecular formula is C32H51ClN4O6. The molecule has 4 N–H and O–H groups in total. The van der Waals surface area contributed by atoms with Gasteiger partial charge < -0.3 is 35.4 Å². The zero-order valence-electron chi connectivity index (χ0n) is 26.0. The Kier molecular flexibility index (Phi) is 15.0. The van der Waals surface area contributed by atoms with Crippen molar-refractivity contribution in [2.24, 2.45) is 11.8 Å². The number of hydrogen-bond acceptors (Lipinski definition) is 7. The highest BCUT2D eigenvalue weighted by atomic mass is 35.5. The van der Waals surface area contributed by atoms with Crippen LogP contribution in [-0.2, 0) is 14.3 Å². The van der Waals surface area contributed by atoms with Crippen LogP contribution in [-0.4, -0.2) is 86.0 Å². The molecule has 1 aliphatic carbocycles. The van der Waals surface area contributed by atoms with Crippen molar-refractivity contribution in [1.29, 1.82) is 0 Å². The summed E-state index contributed by atoms with van der Waals surface area (Å²) in [5.74, 6) is 0.0411. The smallest absolute Gasteiger partial charge is 0.406 e. The number of aliphatic hydroxyl groups is 1. The van der Waals surface area contributed by atoms with Gasteiger partial charge in [-0.2, -0.15) is 0 Å². The van der Waals surface area contributed by atoms with Crippen LogP contribution in [0.5, 0.6) is 0 Å². The van der Waals surface area contributed by atoms with Crippen LogP contribution in [0.1, 0.15) is 83.3 Å². The molecule has 0 aromatic heterocycles. The highest BCUT2D eigenvalue weighted by Gasteiger charge is 2.33. The molecule has 10 nitrogen and oxygen atoms in total. The first-order chi connectivity index (χ1) is 20.7. The first-order valence-electron chi connectivity index (χ1n) is 15.9. The first-order valence-corrected chi connectivity index (χ1v) is 16.3. The summed E-state index contributed by atoms with van der Waals surface area (Å²) in [6.07, 6.45) is 5.95. The lowest BCUT2D eigenvalue weighted by molar-refractivity contribution is -0.126. The monoisotopic (exact) mass is 622 g/mol. The second-order valence-corrected chi connectivity index (χ2v) is 12.4. The second-order valence-electron chi connectivity index (χ2n) is 12.0. The number of aliphatic hydroxyl groups excluding tert-OH is 1. The molecule has 3 unspecified atom stereocenters. The highest BCUT2D eigenvalue weighted by molar-refractivity contribution is 6.30. The average Bonchev–Trinajstić information content (AvgIpc) is 3.01. The van der Waals surface area contributed by atoms with E-state index < -0.39 is 18.2 Å². The maximum absolute atomic E-state index is 13.3. The van der Waals surface area contributed by atoms with Gasteiger partial charge in [-0.15, -0.1) is 0 Å². The number of carbonyl (C=O) groups excluding carboxylic acids is 3. The van der Waals surface area contributed by atoms with Crippen LogP contribution >= 0.6 is 11.6 Å². The van der Waals surface area contributed by atoms with Gasteiger partial charge in [0.25, 0.3) is 0 Å². The zero-order chi connectivity index (χ0) is 31.2. The number of piperidine rings is 1. The normalized spacial score (nSPS) is 22.7. The maximum atomic E-state index is 13.3. The number of ether oxygens (including phenoxy) is 2. The van der Waals surface area contributed by atoms with E-state index in [0.717, 1.165) is 63.5 Å². The number of alkyl carbamates (subject to hydrolysis) is 1. The molecule has 43 heavy (non-hydrogen) atoms. The van der Waals surface area contributed by atoms with Gasteiger partial charge in [-0.1, -0.05) is 43.5 Å². The van der Waals surface area contributed by atoms with E-state index in [4.69, 9.17) is 16.3 Å². The van der Waals surface area contributed by atoms with Crippen LogP contribution in [0.2, 0.25) is 5.02 Å². The molecule has 1 saturated heterocycles. The van der Waals surface area contributed by atoms with Crippen LogP contribution in [0.3, 0.4) is 0 Å². The van der Waals surface area contributed by atoms with Crippen molar-refractivity contribution in [2.45, 2.75) is 95.9 Å². The SMILES string of the molecule is CCCCNC1CCCC(C(=O)C[C@@H](O)[C@H](C)NC(=O)N2CCC[C@@H](C(OCCNC(=O)OC)c3cccc(Cl)c3)C2)C1. The molecular weight excluding hydrogens is 572 g/mol. The molecule has 2 fully saturated rings. The molecule has 1 aliphatic heterocycles. The number of urea groups is 1. The van der Waals surface area contributed by atoms with Gasteiger partial charge in [0.1, 0.15) is 5.78 Å². The minimum absolute atomic E-state index is 0.00286. The predicted octanol–water partition coefficient (Wildman–Crippen LogP) is 4.83. The van der Waals surface area contributed by atoms with E-state index in [2.05, 4.69) is 27.6 Å². The van der Waals surface area contributed by atoms with E-state index in [0.29, 0.717) is 24.2 Å². The molecule has 1 saturated carbocycles. The number of rotatable bonds is 15. The van der Waals surface area contributed by atoms with Gasteiger partial charge in [-0.3, -0.25) is 4.79 Å². The summed E-state index contributed by atoms with van der Waals surface area (Å²) < 4.78 is 10.9. The Labute approximate surface area is 261 Å². The van der Waals surface area contributed by atoms with Gasteiger partial charge in [-0.05, 0) is 69.7 Å². The number of benzene rings is 1. The Bertz CT molecular complexity index is 1030. The Morgan fingerprint density at radius 2 is 1.98 bits per heavy atom. The van der Waals surface area contributed by atoms with Crippen molar-refractivity contribution in [3.05, 3.63) is 34.9 Å². The Balaban J connectivity index is 1.53. The summed E-state index contributed by atoms with van der Waals surface area (Å²) in [7, 11) is 1.31. The molecule has 3 rings (SSSR count). The summed E-state index contributed by atoms with van der Waals surface area (Å²) in [6.45, 7) is 6.49. The van der Waals surface area contributed by atoms with Crippen LogP contribution in [0.15, 0.2) is 24.3 Å². The van der Waals surface area contributed by atoms with Crippen LogP contribution in [0.4, 0.5) is 9.59 Å². The van der Waals surface area contributed by atoms with E-state index in [1.165, 1.54) is 7.11 Å². The number of nitrogens with zero attached hydrogens (tertiary/aromatic N) is 1. The van der Waals surface area contributed by atoms with Crippen LogP contribution in [0.25, 0.3) is 0 Å². The van der Waals surface area contributed by atoms with E-state index in [-0.39, 0.29) is 49.3 Å². The Hall–Kier alpha value is -2.40. The number of likely N-dealkylation sites (tertiary alicyclic amines) is 1. The van der Waals surface area contributed by atoms with Crippen LogP contribution in [0, 0.1) is 11.8 Å². The first kappa shape index (κ1) is 35.1. The Morgan fingerprint density at radius 3 is 2.72 bits per heavy atom. The van der Waals surface area contributed by atoms with Crippen LogP contribution < -0.4 is 16.0 Å². The zero-order valence-corrected chi connectivity index (χ0v) is 26.7. The number of nitrogens with one attached hydrogen (secondary N) is 3. The summed E-state index contributed by atoms with van der Waals surface area (Å²) >= 11 is 6.28. The van der Waals surface area contributed by atoms with Gasteiger partial charge >= 0.3 is 12.1 Å². The fourth-order valence-corrected chi connectivity index (χ4v) is 6.32. The molecule has 11 heteroatoms. The molecule has 0 bridgehead atoms. The molecule has 3 amide bonds. The molecule has 6 atom stereocenters. The van der Waals surface area contributed by atoms with Gasteiger partial charge in [0.15, 0.2) is 0 Å². The second kappa shape index (κ2) is 18.4. The third-order valence-corrected chi connectivity index (χ3v) is 8.87. The molecule has 1 aromatic carbocycles. The molecule has 1 aromatic rings. The standard InChI is InChI=1S/C32H51ClN4O6/c1-4-5-14-34-27-13-7-9-23(19-27)29(39)20-28(38)22(2)36-31(40)37-16-8-11-25(21-37)30(24-10-6-12-26(33)18-24)43-17-15-35-32(41)42-3/h6,10,12,18,22-23,25,27-28,30,34,38H,4-5,7-9,11,13-17,19-21H2,1-3H3,(H,35,41)(H,36,40)/t22-,23?,25+,27?,28+,30?/m0/s1. The molecule has 242 valence electrons. The lowest BCUT2D eigenvalue weighted by Gasteiger charge is -2.38. The summed E-state index contributed by atoms with van der Waals surface area (Å²) in [5.41, 5.74) is 0.908. The van der Waals surface area contributed by atoms with Crippen molar-refractivity contribution in [3.8, 4) is 0 Å². The number of ketones is 1. The lowest BCUT2D eigenvalue weighted by atomic mass is 9.81. The van der Waals surface area contributed by atoms with Crippen molar-refractivity contribution < 1.29 is 29.0 Å². The van der Waals surface area contributed by atoms with Crippen molar-refractivity contribution in [3.63, 3.8) is 0 Å². The van der Waals surface area contributed by atoms with E-state index >= 15 is 0 Å². The number of hydrogen-bond donors (Lipinski definition) is 4. The fourth-order valence-electron chi connectivity index (χ4n) is 6.12. The average molecular weight is 623 g/mol. The quantitative estimate of drug-likeness (QED) is 0.206. The summed E-state index contributed by atoms with van der Waals surface area (Å²) in [4.78, 5) is 39.5. The minimum Gasteiger partial charge on any atom is -0.453 e. The van der Waals surface area contributed by atoms with E-state index in [9.17, 15) is 19.5 Å². The number of carbonyl (C=O) groups is 3. The molecule has 2 aliphatic rings. The molecule has 0 radical (unpaired) electrons. The number of halogens is 1. The third-order valence-electron chi connectivity index (χ3n) is 8.64. The Morgan fingerprint density at radius 1 is 1.16 bits per heavy atom. The maximum Gasteiger partial charge on any atom is 0.406 e. The minimum atomic E-state index is -0.949. The van der Waals surface area contributed by atoms with Crippen molar-refractivity contribution in [2.75, 3.05) is 39.9 Å². The molecule has 0 spiro atoms. The van der Waals surface area contributed by atoms with E-state index in [1.54, 1.807) is 17.9 Å². The van der Waals surface area contributed by atoms with Gasteiger partial charge in [0.05, 0.1) is 32.0 Å². The highest BCUT2D eigenvalue weighted by Crippen LogP contribution is 2.34. The number of Topliss-reactive ketones (excluding diaryl/α,β-unsaturated/α-hetero) is 1. The third kappa shape index (κ3) is 11.6. The summed E-state index contributed by atoms with van der Waals surface area (Å²) in [6, 6.07) is 7.02. The fraction of sp³-hybridized carbons (Fsp3) is 0.719. The predicted molar refractivity (Wildman–Crippen MR) is 167 cm³/mol. The number of amides is 3. The topological polar surface area (TPSA) is 129 Å². The van der Waals surface area contributed by atoms with Gasteiger partial charge in [0.2, 0.25) is 0 Å². The van der Waals surface area contributed by atoms with Crippen molar-refractivity contribution in [1.82, 2.24) is 20.9 Å². The lowest BCUT2D eigenvalue weighted by Crippen LogP contribution is -2.52. The number of unbranched alkanes of at least 4 members (excludes halogenated alkanes) is 1. The van der Waals surface area contributed by atoms with Gasteiger partial charge in [0, 0.05) is 49.0 Å². The van der Waals surface area contributed by atoms with E-state index in [1.807, 2.05) is 18.2 Å².